The van der Waals surface area contributed by atoms with Crippen molar-refractivity contribution >= 4 is 11.3 Å². The zero-order valence-electron chi connectivity index (χ0n) is 10.6. The van der Waals surface area contributed by atoms with Gasteiger partial charge in [-0.05, 0) is 43.0 Å². The molecule has 0 saturated heterocycles. The Bertz CT molecular complexity index is 584. The van der Waals surface area contributed by atoms with E-state index in [-0.39, 0.29) is 6.10 Å². The number of ether oxygens (including phenoxy) is 1. The molecule has 1 aliphatic carbocycles. The number of rotatable bonds is 2. The molecule has 1 unspecified atom stereocenters. The molecule has 18 heavy (non-hydrogen) atoms. The van der Waals surface area contributed by atoms with Gasteiger partial charge in [-0.15, -0.1) is 11.3 Å². The first-order valence-electron chi connectivity index (χ1n) is 6.17. The number of methoxy groups -OCH3 is 1. The maximum absolute atomic E-state index is 9.71. The first-order chi connectivity index (χ1) is 8.70. The summed E-state index contributed by atoms with van der Waals surface area (Å²) in [5, 5.41) is 9.71. The summed E-state index contributed by atoms with van der Waals surface area (Å²) < 4.78 is 5.44. The molecule has 0 radical (unpaired) electrons. The van der Waals surface area contributed by atoms with Gasteiger partial charge in [0, 0.05) is 15.3 Å². The Hall–Kier alpha value is -1.32. The number of benzene rings is 1. The fraction of sp³-hybridized carbons (Fsp3) is 0.333. The second-order valence-electron chi connectivity index (χ2n) is 4.67. The van der Waals surface area contributed by atoms with E-state index in [1.165, 1.54) is 21.6 Å². The third-order valence-electron chi connectivity index (χ3n) is 3.48. The largest absolute Gasteiger partial charge is 0.496 e. The number of aliphatic hydroxyl groups excluding tert-OH is 1. The van der Waals surface area contributed by atoms with Gasteiger partial charge in [0.1, 0.15) is 5.75 Å². The summed E-state index contributed by atoms with van der Waals surface area (Å²) in [5.74, 6) is 0.977. The van der Waals surface area contributed by atoms with Crippen LogP contribution in [0, 0.1) is 0 Å². The first kappa shape index (κ1) is 11.8. The van der Waals surface area contributed by atoms with Gasteiger partial charge in [-0.2, -0.15) is 0 Å². The van der Waals surface area contributed by atoms with Gasteiger partial charge in [0.05, 0.1) is 13.2 Å². The van der Waals surface area contributed by atoms with Crippen molar-refractivity contribution < 1.29 is 9.84 Å². The zero-order chi connectivity index (χ0) is 12.7. The smallest absolute Gasteiger partial charge is 0.122 e. The summed E-state index contributed by atoms with van der Waals surface area (Å²) in [5.41, 5.74) is 3.93. The molecule has 1 heterocycles. The van der Waals surface area contributed by atoms with Crippen molar-refractivity contribution in [1.29, 1.82) is 0 Å². The molecule has 0 amide bonds. The van der Waals surface area contributed by atoms with Gasteiger partial charge in [0.25, 0.3) is 0 Å². The van der Waals surface area contributed by atoms with Gasteiger partial charge in [-0.3, -0.25) is 0 Å². The van der Waals surface area contributed by atoms with Crippen molar-refractivity contribution in [3.05, 3.63) is 40.3 Å². The van der Waals surface area contributed by atoms with Gasteiger partial charge in [0.15, 0.2) is 0 Å². The van der Waals surface area contributed by atoms with E-state index in [0.29, 0.717) is 0 Å². The third kappa shape index (κ3) is 1.74. The van der Waals surface area contributed by atoms with E-state index in [1.54, 1.807) is 18.4 Å². The van der Waals surface area contributed by atoms with E-state index in [0.717, 1.165) is 23.5 Å². The lowest BCUT2D eigenvalue weighted by molar-refractivity contribution is 0.203. The third-order valence-corrected chi connectivity index (χ3v) is 4.86. The number of thiophene rings is 1. The Morgan fingerprint density at radius 1 is 1.33 bits per heavy atom. The molecule has 3 heteroatoms. The van der Waals surface area contributed by atoms with Gasteiger partial charge < -0.3 is 9.84 Å². The van der Waals surface area contributed by atoms with E-state index in [9.17, 15) is 5.11 Å². The summed E-state index contributed by atoms with van der Waals surface area (Å²) in [4.78, 5) is 2.35. The van der Waals surface area contributed by atoms with Crippen molar-refractivity contribution in [2.45, 2.75) is 25.9 Å². The second kappa shape index (κ2) is 4.41. The van der Waals surface area contributed by atoms with Crippen LogP contribution in [0.25, 0.3) is 10.4 Å². The molecular weight excluding hydrogens is 244 g/mol. The number of hydrogen-bond donors (Lipinski definition) is 1. The molecule has 2 nitrogen and oxygen atoms in total. The molecule has 1 aliphatic rings. The Balaban J connectivity index is 2.16. The van der Waals surface area contributed by atoms with Crippen LogP contribution in [0.5, 0.6) is 5.75 Å². The fourth-order valence-electron chi connectivity index (χ4n) is 2.56. The standard InChI is InChI=1S/C15H16O2S/c1-9(16)14-8-10-6-7-11-12(15(10)18-14)4-3-5-13(11)17-2/h3-5,8-9,16H,6-7H2,1-2H3. The normalized spacial score (nSPS) is 14.8. The van der Waals surface area contributed by atoms with Crippen LogP contribution in [0.15, 0.2) is 24.3 Å². The van der Waals surface area contributed by atoms with Crippen LogP contribution < -0.4 is 4.74 Å². The number of hydrogen-bond acceptors (Lipinski definition) is 3. The highest BCUT2D eigenvalue weighted by Gasteiger charge is 2.22. The molecule has 0 fully saturated rings. The predicted molar refractivity (Wildman–Crippen MR) is 74.3 cm³/mol. The van der Waals surface area contributed by atoms with Gasteiger partial charge >= 0.3 is 0 Å². The number of fused-ring (bicyclic) bond motifs is 3. The molecule has 0 aliphatic heterocycles. The lowest BCUT2D eigenvalue weighted by Gasteiger charge is -2.18. The molecule has 94 valence electrons. The average Bonchev–Trinajstić information content (AvgIpc) is 2.82. The van der Waals surface area contributed by atoms with E-state index in [1.807, 2.05) is 19.1 Å². The summed E-state index contributed by atoms with van der Waals surface area (Å²) >= 11 is 1.70. The molecular formula is C15H16O2S. The average molecular weight is 260 g/mol. The van der Waals surface area contributed by atoms with Crippen LogP contribution in [-0.4, -0.2) is 12.2 Å². The molecule has 0 bridgehead atoms. The molecule has 1 aromatic heterocycles. The molecule has 0 spiro atoms. The van der Waals surface area contributed by atoms with Crippen molar-refractivity contribution in [3.8, 4) is 16.2 Å². The van der Waals surface area contributed by atoms with Gasteiger partial charge in [-0.25, -0.2) is 0 Å². The van der Waals surface area contributed by atoms with E-state index in [4.69, 9.17) is 4.74 Å². The predicted octanol–water partition coefficient (Wildman–Crippen LogP) is 3.58. The molecule has 1 N–H and O–H groups in total. The Kier molecular flexibility index (Phi) is 2.88. The highest BCUT2D eigenvalue weighted by Crippen LogP contribution is 2.43. The minimum absolute atomic E-state index is 0.380. The topological polar surface area (TPSA) is 29.5 Å². The molecule has 1 aromatic carbocycles. The van der Waals surface area contributed by atoms with Crippen LogP contribution in [0.2, 0.25) is 0 Å². The summed E-state index contributed by atoms with van der Waals surface area (Å²) in [6.45, 7) is 1.82. The lowest BCUT2D eigenvalue weighted by Crippen LogP contribution is -2.03. The molecule has 3 rings (SSSR count). The first-order valence-corrected chi connectivity index (χ1v) is 6.99. The Morgan fingerprint density at radius 2 is 2.17 bits per heavy atom. The summed E-state index contributed by atoms with van der Waals surface area (Å²) in [6.07, 6.45) is 1.67. The number of aliphatic hydroxyl groups is 1. The quantitative estimate of drug-likeness (QED) is 0.894. The monoisotopic (exact) mass is 260 g/mol. The van der Waals surface area contributed by atoms with E-state index in [2.05, 4.69) is 12.1 Å². The lowest BCUT2D eigenvalue weighted by atomic mass is 9.90. The van der Waals surface area contributed by atoms with Crippen molar-refractivity contribution in [2.24, 2.45) is 0 Å². The van der Waals surface area contributed by atoms with E-state index >= 15 is 0 Å². The van der Waals surface area contributed by atoms with E-state index < -0.39 is 0 Å². The SMILES string of the molecule is COc1cccc2c1CCc1cc(C(C)O)sc1-2. The van der Waals surface area contributed by atoms with Crippen LogP contribution in [0.4, 0.5) is 0 Å². The fourth-order valence-corrected chi connectivity index (χ4v) is 3.76. The molecule has 0 saturated carbocycles. The van der Waals surface area contributed by atoms with Crippen LogP contribution >= 0.6 is 11.3 Å². The van der Waals surface area contributed by atoms with Crippen molar-refractivity contribution in [1.82, 2.24) is 0 Å². The van der Waals surface area contributed by atoms with Crippen molar-refractivity contribution in [3.63, 3.8) is 0 Å². The molecule has 2 aromatic rings. The highest BCUT2D eigenvalue weighted by atomic mass is 32.1. The maximum Gasteiger partial charge on any atom is 0.122 e. The summed E-state index contributed by atoms with van der Waals surface area (Å²) in [7, 11) is 1.72. The van der Waals surface area contributed by atoms with Gasteiger partial charge in [-0.1, -0.05) is 12.1 Å². The Labute approximate surface area is 111 Å². The number of aryl methyl sites for hydroxylation is 1. The van der Waals surface area contributed by atoms with Crippen LogP contribution in [-0.2, 0) is 12.8 Å². The zero-order valence-corrected chi connectivity index (χ0v) is 11.4. The maximum atomic E-state index is 9.71. The van der Waals surface area contributed by atoms with Crippen LogP contribution in [0.3, 0.4) is 0 Å². The second-order valence-corrected chi connectivity index (χ2v) is 5.75. The summed E-state index contributed by atoms with van der Waals surface area (Å²) in [6, 6.07) is 8.35. The van der Waals surface area contributed by atoms with Crippen molar-refractivity contribution in [2.75, 3.05) is 7.11 Å². The van der Waals surface area contributed by atoms with Crippen LogP contribution in [0.1, 0.15) is 29.0 Å². The van der Waals surface area contributed by atoms with Gasteiger partial charge in [0.2, 0.25) is 0 Å². The minimum atomic E-state index is -0.380. The minimum Gasteiger partial charge on any atom is -0.496 e. The highest BCUT2D eigenvalue weighted by molar-refractivity contribution is 7.15. The molecule has 1 atom stereocenters. The Morgan fingerprint density at radius 3 is 2.89 bits per heavy atom.